The minimum Gasteiger partial charge on any atom is -0.477 e. The molecule has 96 valence electrons. The van der Waals surface area contributed by atoms with Gasteiger partial charge in [0.1, 0.15) is 4.88 Å². The molecule has 0 saturated carbocycles. The summed E-state index contributed by atoms with van der Waals surface area (Å²) in [5.41, 5.74) is 0. The number of carbonyl (C=O) groups is 1. The maximum Gasteiger partial charge on any atom is 0.345 e. The molecule has 1 atom stereocenters. The molecule has 1 rings (SSSR count). The minimum absolute atomic E-state index is 0.0394. The number of aliphatic hydroxyl groups excluding tert-OH is 1. The van der Waals surface area contributed by atoms with E-state index in [9.17, 15) is 13.2 Å². The highest BCUT2D eigenvalue weighted by atomic mass is 32.2. The van der Waals surface area contributed by atoms with Crippen LogP contribution in [0.25, 0.3) is 0 Å². The summed E-state index contributed by atoms with van der Waals surface area (Å²) in [4.78, 5) is 10.5. The number of rotatable bonds is 6. The number of carboxylic acid groups (broad SMARTS) is 1. The Bertz CT molecular complexity index is 489. The molecule has 0 bridgehead atoms. The van der Waals surface area contributed by atoms with E-state index in [1.54, 1.807) is 6.92 Å². The number of thiophene rings is 1. The van der Waals surface area contributed by atoms with Crippen LogP contribution in [0.1, 0.15) is 23.0 Å². The molecule has 17 heavy (non-hydrogen) atoms. The highest BCUT2D eigenvalue weighted by Crippen LogP contribution is 2.19. The van der Waals surface area contributed by atoms with Crippen LogP contribution in [-0.4, -0.2) is 37.2 Å². The van der Waals surface area contributed by atoms with Crippen molar-refractivity contribution in [2.75, 3.05) is 6.61 Å². The Morgan fingerprint density at radius 3 is 2.65 bits per heavy atom. The quantitative estimate of drug-likeness (QED) is 0.703. The van der Waals surface area contributed by atoms with Crippen LogP contribution in [0.3, 0.4) is 0 Å². The number of nitrogens with one attached hydrogen (secondary N) is 1. The number of hydrogen-bond acceptors (Lipinski definition) is 5. The molecule has 0 fully saturated rings. The third kappa shape index (κ3) is 3.50. The van der Waals surface area contributed by atoms with Gasteiger partial charge in [-0.2, -0.15) is 0 Å². The fourth-order valence-electron chi connectivity index (χ4n) is 1.11. The largest absolute Gasteiger partial charge is 0.477 e. The molecule has 3 N–H and O–H groups in total. The second kappa shape index (κ2) is 5.58. The summed E-state index contributed by atoms with van der Waals surface area (Å²) < 4.78 is 25.9. The van der Waals surface area contributed by atoms with Crippen LogP contribution in [0.5, 0.6) is 0 Å². The van der Waals surface area contributed by atoms with Crippen LogP contribution in [0, 0.1) is 0 Å². The van der Waals surface area contributed by atoms with Gasteiger partial charge in [-0.3, -0.25) is 0 Å². The third-order valence-corrected chi connectivity index (χ3v) is 4.70. The van der Waals surface area contributed by atoms with E-state index in [0.29, 0.717) is 6.42 Å². The Labute approximate surface area is 103 Å². The lowest BCUT2D eigenvalue weighted by atomic mass is 10.3. The first-order chi connectivity index (χ1) is 7.90. The Balaban J connectivity index is 2.93. The third-order valence-electron chi connectivity index (χ3n) is 2.13. The Kier molecular flexibility index (Phi) is 4.63. The molecule has 0 spiro atoms. The first kappa shape index (κ1) is 14.1. The topological polar surface area (TPSA) is 104 Å². The van der Waals surface area contributed by atoms with E-state index in [4.69, 9.17) is 10.2 Å². The number of sulfonamides is 1. The molecule has 0 aliphatic carbocycles. The first-order valence-electron chi connectivity index (χ1n) is 4.85. The molecule has 1 aromatic heterocycles. The summed E-state index contributed by atoms with van der Waals surface area (Å²) in [5, 5.41) is 18.9. The minimum atomic E-state index is -3.76. The van der Waals surface area contributed by atoms with Crippen LogP contribution in [0.2, 0.25) is 0 Å². The highest BCUT2D eigenvalue weighted by molar-refractivity contribution is 7.89. The molecule has 0 aromatic carbocycles. The average molecular weight is 279 g/mol. The lowest BCUT2D eigenvalue weighted by Crippen LogP contribution is -2.36. The Morgan fingerprint density at radius 1 is 1.59 bits per heavy atom. The van der Waals surface area contributed by atoms with Crippen molar-refractivity contribution >= 4 is 27.3 Å². The molecule has 0 aliphatic rings. The Hall–Kier alpha value is -0.960. The smallest absolute Gasteiger partial charge is 0.345 e. The van der Waals surface area contributed by atoms with Crippen molar-refractivity contribution < 1.29 is 23.4 Å². The summed E-state index contributed by atoms with van der Waals surface area (Å²) in [6.45, 7) is 1.44. The maximum absolute atomic E-state index is 11.8. The first-order valence-corrected chi connectivity index (χ1v) is 7.22. The van der Waals surface area contributed by atoms with Crippen LogP contribution in [0.4, 0.5) is 0 Å². The van der Waals surface area contributed by atoms with Gasteiger partial charge >= 0.3 is 5.97 Å². The second-order valence-corrected chi connectivity index (χ2v) is 5.99. The predicted octanol–water partition coefficient (Wildman–Crippen LogP) is 0.496. The van der Waals surface area contributed by atoms with Crippen LogP contribution >= 0.6 is 11.3 Å². The lowest BCUT2D eigenvalue weighted by molar-refractivity contribution is 0.0702. The zero-order valence-corrected chi connectivity index (χ0v) is 10.7. The summed E-state index contributed by atoms with van der Waals surface area (Å²) >= 11 is 0.846. The number of aliphatic hydroxyl groups is 1. The van der Waals surface area contributed by atoms with Gasteiger partial charge < -0.3 is 10.2 Å². The van der Waals surface area contributed by atoms with Crippen molar-refractivity contribution in [1.29, 1.82) is 0 Å². The van der Waals surface area contributed by atoms with Crippen LogP contribution < -0.4 is 4.72 Å². The van der Waals surface area contributed by atoms with Gasteiger partial charge in [0.15, 0.2) is 0 Å². The van der Waals surface area contributed by atoms with Gasteiger partial charge in [-0.05, 0) is 12.5 Å². The molecule has 0 aliphatic heterocycles. The second-order valence-electron chi connectivity index (χ2n) is 3.36. The van der Waals surface area contributed by atoms with Gasteiger partial charge in [0.25, 0.3) is 0 Å². The van der Waals surface area contributed by atoms with Crippen LogP contribution in [-0.2, 0) is 10.0 Å². The summed E-state index contributed by atoms with van der Waals surface area (Å²) in [7, 11) is -3.76. The molecule has 0 radical (unpaired) electrons. The van der Waals surface area contributed by atoms with Crippen molar-refractivity contribution in [3.63, 3.8) is 0 Å². The average Bonchev–Trinajstić information content (AvgIpc) is 2.75. The van der Waals surface area contributed by atoms with E-state index >= 15 is 0 Å². The normalized spacial score (nSPS) is 13.5. The van der Waals surface area contributed by atoms with Gasteiger partial charge in [-0.1, -0.05) is 6.92 Å². The van der Waals surface area contributed by atoms with Gasteiger partial charge in [-0.25, -0.2) is 17.9 Å². The summed E-state index contributed by atoms with van der Waals surface area (Å²) in [6.07, 6.45) is 0.450. The zero-order valence-electron chi connectivity index (χ0n) is 9.08. The van der Waals surface area contributed by atoms with Gasteiger partial charge in [0, 0.05) is 11.4 Å². The molecule has 0 amide bonds. The number of aromatic carboxylic acids is 1. The molecule has 6 nitrogen and oxygen atoms in total. The molecule has 0 saturated heterocycles. The maximum atomic E-state index is 11.8. The SMILES string of the molecule is CC[C@@H](CO)NS(=O)(=O)c1csc(C(=O)O)c1. The molecule has 0 unspecified atom stereocenters. The van der Waals surface area contributed by atoms with Crippen molar-refractivity contribution in [3.05, 3.63) is 16.3 Å². The van der Waals surface area contributed by atoms with E-state index in [1.807, 2.05) is 0 Å². The number of hydrogen-bond donors (Lipinski definition) is 3. The van der Waals surface area contributed by atoms with Gasteiger partial charge in [0.2, 0.25) is 10.0 Å². The van der Waals surface area contributed by atoms with E-state index in [2.05, 4.69) is 4.72 Å². The standard InChI is InChI=1S/C9H13NO5S2/c1-2-6(4-11)10-17(14,15)7-3-8(9(12)13)16-5-7/h3,5-6,10-11H,2,4H2,1H3,(H,12,13)/t6-/m0/s1. The van der Waals surface area contributed by atoms with E-state index < -0.39 is 22.0 Å². The fraction of sp³-hybridized carbons (Fsp3) is 0.444. The van der Waals surface area contributed by atoms with E-state index in [1.165, 1.54) is 5.38 Å². The van der Waals surface area contributed by atoms with E-state index in [0.717, 1.165) is 17.4 Å². The van der Waals surface area contributed by atoms with Crippen molar-refractivity contribution in [2.24, 2.45) is 0 Å². The molecule has 8 heteroatoms. The molecular formula is C9H13NO5S2. The van der Waals surface area contributed by atoms with Crippen molar-refractivity contribution in [2.45, 2.75) is 24.3 Å². The summed E-state index contributed by atoms with van der Waals surface area (Å²) in [6, 6.07) is 0.535. The highest BCUT2D eigenvalue weighted by Gasteiger charge is 2.21. The van der Waals surface area contributed by atoms with Crippen LogP contribution in [0.15, 0.2) is 16.3 Å². The fourth-order valence-corrected chi connectivity index (χ4v) is 3.53. The lowest BCUT2D eigenvalue weighted by Gasteiger charge is -2.13. The van der Waals surface area contributed by atoms with Gasteiger partial charge in [0.05, 0.1) is 11.5 Å². The summed E-state index contributed by atoms with van der Waals surface area (Å²) in [5.74, 6) is -1.16. The zero-order chi connectivity index (χ0) is 13.1. The monoisotopic (exact) mass is 279 g/mol. The van der Waals surface area contributed by atoms with Crippen molar-refractivity contribution in [1.82, 2.24) is 4.72 Å². The van der Waals surface area contributed by atoms with Gasteiger partial charge in [-0.15, -0.1) is 11.3 Å². The molecular weight excluding hydrogens is 266 g/mol. The molecule has 1 heterocycles. The van der Waals surface area contributed by atoms with E-state index in [-0.39, 0.29) is 16.4 Å². The molecule has 1 aromatic rings. The Morgan fingerprint density at radius 2 is 2.24 bits per heavy atom. The predicted molar refractivity (Wildman–Crippen MR) is 62.8 cm³/mol. The number of carboxylic acids is 1. The van der Waals surface area contributed by atoms with Crippen molar-refractivity contribution in [3.8, 4) is 0 Å².